The number of ether oxygens (including phenoxy) is 1. The zero-order valence-corrected chi connectivity index (χ0v) is 9.88. The second kappa shape index (κ2) is 3.10. The third-order valence-electron chi connectivity index (χ3n) is 5.14. The molecule has 2 fully saturated rings. The fraction of sp³-hybridized carbons (Fsp3) is 0.769. The summed E-state index contributed by atoms with van der Waals surface area (Å²) in [6.45, 7) is 10.3. The normalized spacial score (nSPS) is 41.5. The van der Waals surface area contributed by atoms with E-state index in [9.17, 15) is 4.79 Å². The molecule has 15 heavy (non-hydrogen) atoms. The van der Waals surface area contributed by atoms with Crippen molar-refractivity contribution in [3.8, 4) is 0 Å². The van der Waals surface area contributed by atoms with Gasteiger partial charge in [0.1, 0.15) is 6.10 Å². The third-order valence-corrected chi connectivity index (χ3v) is 5.14. The number of hydrogen-bond donors (Lipinski definition) is 0. The van der Waals surface area contributed by atoms with Crippen molar-refractivity contribution in [1.29, 1.82) is 0 Å². The summed E-state index contributed by atoms with van der Waals surface area (Å²) < 4.78 is 5.48. The molecular formula is C13H20O2. The van der Waals surface area contributed by atoms with Crippen molar-refractivity contribution in [3.63, 3.8) is 0 Å². The van der Waals surface area contributed by atoms with Crippen molar-refractivity contribution in [2.75, 3.05) is 0 Å². The monoisotopic (exact) mass is 208 g/mol. The topological polar surface area (TPSA) is 26.3 Å². The molecule has 0 radical (unpaired) electrons. The molecule has 0 aliphatic heterocycles. The Labute approximate surface area is 91.7 Å². The van der Waals surface area contributed by atoms with E-state index in [-0.39, 0.29) is 17.5 Å². The van der Waals surface area contributed by atoms with Gasteiger partial charge in [-0.05, 0) is 30.6 Å². The molecule has 0 saturated heterocycles. The van der Waals surface area contributed by atoms with Gasteiger partial charge >= 0.3 is 5.97 Å². The minimum atomic E-state index is -0.274. The maximum absolute atomic E-state index is 11.3. The number of hydrogen-bond acceptors (Lipinski definition) is 2. The van der Waals surface area contributed by atoms with Gasteiger partial charge in [0.25, 0.3) is 0 Å². The van der Waals surface area contributed by atoms with Gasteiger partial charge in [0, 0.05) is 11.5 Å². The first-order valence-corrected chi connectivity index (χ1v) is 5.75. The van der Waals surface area contributed by atoms with Gasteiger partial charge in [-0.25, -0.2) is 4.79 Å². The zero-order valence-electron chi connectivity index (χ0n) is 9.88. The molecule has 84 valence electrons. The van der Waals surface area contributed by atoms with Crippen molar-refractivity contribution in [1.82, 2.24) is 0 Å². The van der Waals surface area contributed by atoms with Crippen LogP contribution in [-0.2, 0) is 9.53 Å². The van der Waals surface area contributed by atoms with Crippen molar-refractivity contribution >= 4 is 5.97 Å². The van der Waals surface area contributed by atoms with Crippen LogP contribution in [0.1, 0.15) is 40.0 Å². The summed E-state index contributed by atoms with van der Waals surface area (Å²) in [5.41, 5.74) is 0.468. The lowest BCUT2D eigenvalue weighted by Gasteiger charge is -2.38. The second-order valence-corrected chi connectivity index (χ2v) is 5.74. The molecule has 2 rings (SSSR count). The molecule has 1 unspecified atom stereocenters. The van der Waals surface area contributed by atoms with Gasteiger partial charge in [-0.1, -0.05) is 27.4 Å². The minimum absolute atomic E-state index is 0.0942. The number of carbonyl (C=O) groups is 1. The number of fused-ring (bicyclic) bond motifs is 2. The smallest absolute Gasteiger partial charge is 0.330 e. The van der Waals surface area contributed by atoms with Crippen molar-refractivity contribution in [2.24, 2.45) is 16.7 Å². The highest BCUT2D eigenvalue weighted by atomic mass is 16.5. The molecule has 2 aliphatic rings. The Morgan fingerprint density at radius 3 is 2.53 bits per heavy atom. The van der Waals surface area contributed by atoms with Crippen molar-refractivity contribution in [3.05, 3.63) is 12.7 Å². The molecule has 0 aromatic heterocycles. The van der Waals surface area contributed by atoms with Crippen LogP contribution in [0.4, 0.5) is 0 Å². The van der Waals surface area contributed by atoms with E-state index in [2.05, 4.69) is 27.4 Å². The number of rotatable bonds is 2. The lowest BCUT2D eigenvalue weighted by molar-refractivity contribution is -0.150. The Morgan fingerprint density at radius 1 is 1.47 bits per heavy atom. The molecule has 0 spiro atoms. The minimum Gasteiger partial charge on any atom is -0.459 e. The van der Waals surface area contributed by atoms with E-state index in [1.807, 2.05) is 0 Å². The standard InChI is InChI=1S/C13H20O2/c1-5-11(14)15-10-8-9-6-7-13(10,4)12(9,2)3/h5,9-10H,1,6-8H2,2-4H3/t9?,10-,13+/m1/s1. The van der Waals surface area contributed by atoms with Crippen molar-refractivity contribution in [2.45, 2.75) is 46.1 Å². The predicted octanol–water partition coefficient (Wildman–Crippen LogP) is 2.93. The van der Waals surface area contributed by atoms with E-state index in [1.165, 1.54) is 18.9 Å². The predicted molar refractivity (Wildman–Crippen MR) is 59.3 cm³/mol. The fourth-order valence-electron chi connectivity index (χ4n) is 3.50. The molecule has 0 aromatic carbocycles. The zero-order chi connectivity index (χ0) is 11.3. The highest BCUT2D eigenvalue weighted by Crippen LogP contribution is 2.66. The SMILES string of the molecule is C=CC(=O)O[C@@H]1CC2CC[C@]1(C)C2(C)C. The highest BCUT2D eigenvalue weighted by molar-refractivity contribution is 5.81. The summed E-state index contributed by atoms with van der Waals surface area (Å²) in [6, 6.07) is 0. The Bertz CT molecular complexity index is 306. The van der Waals surface area contributed by atoms with E-state index in [1.54, 1.807) is 0 Å². The van der Waals surface area contributed by atoms with Crippen molar-refractivity contribution < 1.29 is 9.53 Å². The molecule has 0 amide bonds. The van der Waals surface area contributed by atoms with Crippen LogP contribution in [0.5, 0.6) is 0 Å². The van der Waals surface area contributed by atoms with Crippen LogP contribution >= 0.6 is 0 Å². The highest BCUT2D eigenvalue weighted by Gasteiger charge is 2.62. The van der Waals surface area contributed by atoms with E-state index >= 15 is 0 Å². The van der Waals surface area contributed by atoms with Gasteiger partial charge in [0.05, 0.1) is 0 Å². The van der Waals surface area contributed by atoms with Crippen LogP contribution < -0.4 is 0 Å². The summed E-state index contributed by atoms with van der Waals surface area (Å²) in [5, 5.41) is 0. The maximum atomic E-state index is 11.3. The summed E-state index contributed by atoms with van der Waals surface area (Å²) in [7, 11) is 0. The molecule has 0 aromatic rings. The van der Waals surface area contributed by atoms with Crippen LogP contribution in [0.15, 0.2) is 12.7 Å². The van der Waals surface area contributed by atoms with Gasteiger partial charge in [0.2, 0.25) is 0 Å². The van der Waals surface area contributed by atoms with Gasteiger partial charge in [0.15, 0.2) is 0 Å². The Kier molecular flexibility index (Phi) is 2.21. The average Bonchev–Trinajstić information content (AvgIpc) is 2.50. The largest absolute Gasteiger partial charge is 0.459 e. The summed E-state index contributed by atoms with van der Waals surface area (Å²) in [4.78, 5) is 11.3. The average molecular weight is 208 g/mol. The Hall–Kier alpha value is -0.790. The van der Waals surface area contributed by atoms with E-state index in [0.29, 0.717) is 11.3 Å². The van der Waals surface area contributed by atoms with Gasteiger partial charge in [-0.2, -0.15) is 0 Å². The lowest BCUT2D eigenvalue weighted by atomic mass is 9.70. The molecule has 3 atom stereocenters. The van der Waals surface area contributed by atoms with E-state index < -0.39 is 0 Å². The molecule has 2 bridgehead atoms. The number of carbonyl (C=O) groups excluding carboxylic acids is 1. The first kappa shape index (κ1) is 10.7. The molecule has 0 heterocycles. The quantitative estimate of drug-likeness (QED) is 0.515. The van der Waals surface area contributed by atoms with E-state index in [4.69, 9.17) is 4.74 Å². The third kappa shape index (κ3) is 1.27. The Balaban J connectivity index is 2.19. The Morgan fingerprint density at radius 2 is 2.13 bits per heavy atom. The maximum Gasteiger partial charge on any atom is 0.330 e. The first-order valence-electron chi connectivity index (χ1n) is 5.75. The number of esters is 1. The summed E-state index contributed by atoms with van der Waals surface area (Å²) >= 11 is 0. The molecule has 2 nitrogen and oxygen atoms in total. The summed E-state index contributed by atoms with van der Waals surface area (Å²) in [5.74, 6) is 0.440. The van der Waals surface area contributed by atoms with E-state index in [0.717, 1.165) is 6.42 Å². The second-order valence-electron chi connectivity index (χ2n) is 5.74. The summed E-state index contributed by atoms with van der Waals surface area (Å²) in [6.07, 6.45) is 4.85. The van der Waals surface area contributed by atoms with Crippen LogP contribution in [0.2, 0.25) is 0 Å². The van der Waals surface area contributed by atoms with Crippen LogP contribution in [0, 0.1) is 16.7 Å². The van der Waals surface area contributed by atoms with Gasteiger partial charge in [-0.3, -0.25) is 0 Å². The van der Waals surface area contributed by atoms with Gasteiger partial charge in [-0.15, -0.1) is 0 Å². The molecule has 2 saturated carbocycles. The molecule has 2 heteroatoms. The van der Waals surface area contributed by atoms with Crippen LogP contribution in [-0.4, -0.2) is 12.1 Å². The molecule has 2 aliphatic carbocycles. The molecule has 0 N–H and O–H groups in total. The van der Waals surface area contributed by atoms with Crippen LogP contribution in [0.3, 0.4) is 0 Å². The fourth-order valence-corrected chi connectivity index (χ4v) is 3.50. The first-order chi connectivity index (χ1) is 6.91. The van der Waals surface area contributed by atoms with Crippen LogP contribution in [0.25, 0.3) is 0 Å². The lowest BCUT2D eigenvalue weighted by Crippen LogP contribution is -2.38. The van der Waals surface area contributed by atoms with Gasteiger partial charge < -0.3 is 4.74 Å². The molecular weight excluding hydrogens is 188 g/mol.